The summed E-state index contributed by atoms with van der Waals surface area (Å²) < 4.78 is 1.82. The molecule has 0 spiro atoms. The molecular formula is C15H18N4. The Hall–Kier alpha value is -2.12. The highest BCUT2D eigenvalue weighted by Crippen LogP contribution is 2.13. The van der Waals surface area contributed by atoms with E-state index in [1.807, 2.05) is 48.4 Å². The van der Waals surface area contributed by atoms with E-state index >= 15 is 0 Å². The third-order valence-corrected chi connectivity index (χ3v) is 3.16. The van der Waals surface area contributed by atoms with Gasteiger partial charge in [0.2, 0.25) is 0 Å². The number of nitrogens with zero attached hydrogens (tertiary/aromatic N) is 3. The molecule has 0 bridgehead atoms. The van der Waals surface area contributed by atoms with Crippen molar-refractivity contribution in [1.82, 2.24) is 15.1 Å². The number of nitriles is 1. The maximum Gasteiger partial charge on any atom is 0.0991 e. The van der Waals surface area contributed by atoms with Crippen molar-refractivity contribution in [3.8, 4) is 6.07 Å². The van der Waals surface area contributed by atoms with Crippen molar-refractivity contribution < 1.29 is 0 Å². The Bertz CT molecular complexity index is 563. The molecule has 4 heteroatoms. The molecule has 1 heterocycles. The molecule has 0 aliphatic heterocycles. The van der Waals surface area contributed by atoms with Gasteiger partial charge in [-0.25, -0.2) is 0 Å². The first-order valence-electron chi connectivity index (χ1n) is 6.40. The quantitative estimate of drug-likeness (QED) is 0.889. The zero-order valence-electron chi connectivity index (χ0n) is 11.3. The van der Waals surface area contributed by atoms with Crippen molar-refractivity contribution in [3.63, 3.8) is 0 Å². The van der Waals surface area contributed by atoms with Crippen LogP contribution in [0.4, 0.5) is 0 Å². The first kappa shape index (κ1) is 13.3. The normalized spacial score (nSPS) is 12.1. The van der Waals surface area contributed by atoms with E-state index in [0.29, 0.717) is 5.56 Å². The summed E-state index contributed by atoms with van der Waals surface area (Å²) >= 11 is 0. The van der Waals surface area contributed by atoms with E-state index in [1.54, 1.807) is 0 Å². The molecule has 4 nitrogen and oxygen atoms in total. The fourth-order valence-corrected chi connectivity index (χ4v) is 2.00. The number of hydrogen-bond donors (Lipinski definition) is 1. The minimum atomic E-state index is 0.282. The number of nitrogens with one attached hydrogen (secondary N) is 1. The van der Waals surface area contributed by atoms with E-state index in [0.717, 1.165) is 13.0 Å². The molecule has 0 radical (unpaired) electrons. The van der Waals surface area contributed by atoms with Crippen LogP contribution in [0, 0.1) is 11.3 Å². The van der Waals surface area contributed by atoms with Gasteiger partial charge >= 0.3 is 0 Å². The Balaban J connectivity index is 1.83. The second-order valence-corrected chi connectivity index (χ2v) is 4.68. The second kappa shape index (κ2) is 6.17. The lowest BCUT2D eigenvalue weighted by Gasteiger charge is -2.13. The Kier molecular flexibility index (Phi) is 4.32. The van der Waals surface area contributed by atoms with E-state index in [4.69, 9.17) is 5.26 Å². The lowest BCUT2D eigenvalue weighted by molar-refractivity contribution is 0.577. The first-order valence-corrected chi connectivity index (χ1v) is 6.40. The smallest absolute Gasteiger partial charge is 0.0991 e. The summed E-state index contributed by atoms with van der Waals surface area (Å²) in [6.07, 6.45) is 4.90. The molecule has 0 fully saturated rings. The van der Waals surface area contributed by atoms with Crippen molar-refractivity contribution in [2.75, 3.05) is 6.54 Å². The predicted molar refractivity (Wildman–Crippen MR) is 74.5 cm³/mol. The summed E-state index contributed by atoms with van der Waals surface area (Å²) in [7, 11) is 1.93. The molecule has 0 amide bonds. The Morgan fingerprint density at radius 2 is 2.11 bits per heavy atom. The molecule has 0 aliphatic rings. The maximum atomic E-state index is 8.76. The molecule has 2 rings (SSSR count). The van der Waals surface area contributed by atoms with Crippen LogP contribution in [-0.2, 0) is 13.5 Å². The van der Waals surface area contributed by atoms with Gasteiger partial charge < -0.3 is 5.32 Å². The van der Waals surface area contributed by atoms with Gasteiger partial charge in [-0.2, -0.15) is 10.4 Å². The van der Waals surface area contributed by atoms with Gasteiger partial charge in [-0.1, -0.05) is 12.1 Å². The minimum Gasteiger partial charge on any atom is -0.310 e. The highest BCUT2D eigenvalue weighted by Gasteiger charge is 2.04. The van der Waals surface area contributed by atoms with Gasteiger partial charge in [-0.05, 0) is 43.1 Å². The van der Waals surface area contributed by atoms with E-state index in [-0.39, 0.29) is 6.04 Å². The number of benzene rings is 1. The molecule has 0 saturated carbocycles. The van der Waals surface area contributed by atoms with E-state index < -0.39 is 0 Å². The van der Waals surface area contributed by atoms with Gasteiger partial charge in [0.15, 0.2) is 0 Å². The molecule has 1 unspecified atom stereocenters. The van der Waals surface area contributed by atoms with Crippen LogP contribution in [0.3, 0.4) is 0 Å². The van der Waals surface area contributed by atoms with Crippen molar-refractivity contribution in [3.05, 3.63) is 53.3 Å². The van der Waals surface area contributed by atoms with Gasteiger partial charge in [-0.3, -0.25) is 4.68 Å². The molecule has 1 aromatic carbocycles. The lowest BCUT2D eigenvalue weighted by atomic mass is 10.1. The van der Waals surface area contributed by atoms with Crippen LogP contribution in [0.25, 0.3) is 0 Å². The summed E-state index contributed by atoms with van der Waals surface area (Å²) in [6.45, 7) is 3.04. The van der Waals surface area contributed by atoms with Crippen LogP contribution >= 0.6 is 0 Å². The summed E-state index contributed by atoms with van der Waals surface area (Å²) in [6, 6.07) is 10.1. The Morgan fingerprint density at radius 1 is 1.37 bits per heavy atom. The molecular weight excluding hydrogens is 236 g/mol. The van der Waals surface area contributed by atoms with E-state index in [2.05, 4.69) is 23.4 Å². The first-order chi connectivity index (χ1) is 9.19. The predicted octanol–water partition coefficient (Wildman–Crippen LogP) is 2.19. The molecule has 1 N–H and O–H groups in total. The summed E-state index contributed by atoms with van der Waals surface area (Å²) in [5.74, 6) is 0. The van der Waals surface area contributed by atoms with Crippen molar-refractivity contribution >= 4 is 0 Å². The summed E-state index contributed by atoms with van der Waals surface area (Å²) in [5, 5.41) is 16.4. The molecule has 0 saturated heterocycles. The molecule has 1 atom stereocenters. The average Bonchev–Trinajstić information content (AvgIpc) is 2.84. The average molecular weight is 254 g/mol. The minimum absolute atomic E-state index is 0.282. The van der Waals surface area contributed by atoms with Gasteiger partial charge in [0.1, 0.15) is 0 Å². The largest absolute Gasteiger partial charge is 0.310 e. The lowest BCUT2D eigenvalue weighted by Crippen LogP contribution is -2.21. The van der Waals surface area contributed by atoms with Gasteiger partial charge in [0.25, 0.3) is 0 Å². The number of aryl methyl sites for hydroxylation is 1. The van der Waals surface area contributed by atoms with Crippen LogP contribution in [0.15, 0.2) is 36.7 Å². The monoisotopic (exact) mass is 254 g/mol. The SMILES string of the molecule is CC(NCCc1cnn(C)c1)c1ccc(C#N)cc1. The fraction of sp³-hybridized carbons (Fsp3) is 0.333. The number of aromatic nitrogens is 2. The molecule has 1 aromatic heterocycles. The standard InChI is InChI=1S/C15H18N4/c1-12(15-5-3-13(9-16)4-6-15)17-8-7-14-10-18-19(2)11-14/h3-6,10-12,17H,7-8H2,1-2H3. The Morgan fingerprint density at radius 3 is 2.68 bits per heavy atom. The van der Waals surface area contributed by atoms with Crippen molar-refractivity contribution in [1.29, 1.82) is 5.26 Å². The van der Waals surface area contributed by atoms with Crippen LogP contribution in [0.2, 0.25) is 0 Å². The van der Waals surface area contributed by atoms with Crippen LogP contribution in [0.5, 0.6) is 0 Å². The number of rotatable bonds is 5. The molecule has 0 aliphatic carbocycles. The second-order valence-electron chi connectivity index (χ2n) is 4.68. The molecule has 2 aromatic rings. The molecule has 98 valence electrons. The molecule has 19 heavy (non-hydrogen) atoms. The fourth-order valence-electron chi connectivity index (χ4n) is 2.00. The van der Waals surface area contributed by atoms with Crippen molar-refractivity contribution in [2.45, 2.75) is 19.4 Å². The van der Waals surface area contributed by atoms with Crippen LogP contribution in [0.1, 0.15) is 29.7 Å². The summed E-state index contributed by atoms with van der Waals surface area (Å²) in [5.41, 5.74) is 3.14. The third kappa shape index (κ3) is 3.67. The number of hydrogen-bond acceptors (Lipinski definition) is 3. The third-order valence-electron chi connectivity index (χ3n) is 3.16. The van der Waals surface area contributed by atoms with E-state index in [9.17, 15) is 0 Å². The highest BCUT2D eigenvalue weighted by atomic mass is 15.2. The van der Waals surface area contributed by atoms with Crippen LogP contribution < -0.4 is 5.32 Å². The zero-order valence-corrected chi connectivity index (χ0v) is 11.3. The van der Waals surface area contributed by atoms with Crippen LogP contribution in [-0.4, -0.2) is 16.3 Å². The van der Waals surface area contributed by atoms with E-state index in [1.165, 1.54) is 11.1 Å². The maximum absolute atomic E-state index is 8.76. The highest BCUT2D eigenvalue weighted by molar-refractivity contribution is 5.32. The van der Waals surface area contributed by atoms with Crippen molar-refractivity contribution in [2.24, 2.45) is 7.05 Å². The Labute approximate surface area is 113 Å². The topological polar surface area (TPSA) is 53.6 Å². The summed E-state index contributed by atoms with van der Waals surface area (Å²) in [4.78, 5) is 0. The van der Waals surface area contributed by atoms with Gasteiger partial charge in [0, 0.05) is 19.3 Å². The van der Waals surface area contributed by atoms with Gasteiger partial charge in [0.05, 0.1) is 17.8 Å². The van der Waals surface area contributed by atoms with Gasteiger partial charge in [-0.15, -0.1) is 0 Å². The zero-order chi connectivity index (χ0) is 13.7.